The second-order valence-corrected chi connectivity index (χ2v) is 7.81. The number of methoxy groups -OCH3 is 1. The number of aromatic nitrogens is 3. The van der Waals surface area contributed by atoms with Gasteiger partial charge in [-0.3, -0.25) is 14.2 Å². The predicted molar refractivity (Wildman–Crippen MR) is 111 cm³/mol. The summed E-state index contributed by atoms with van der Waals surface area (Å²) >= 11 is 1.21. The van der Waals surface area contributed by atoms with Gasteiger partial charge >= 0.3 is 5.97 Å². The van der Waals surface area contributed by atoms with E-state index in [0.717, 1.165) is 22.2 Å². The van der Waals surface area contributed by atoms with E-state index in [9.17, 15) is 9.59 Å². The van der Waals surface area contributed by atoms with E-state index in [4.69, 9.17) is 9.72 Å². The molecule has 2 aromatic carbocycles. The largest absolute Gasteiger partial charge is 0.468 e. The number of ether oxygens (including phenoxy) is 1. The number of para-hydroxylation sites is 2. The van der Waals surface area contributed by atoms with Gasteiger partial charge in [-0.25, -0.2) is 4.98 Å². The van der Waals surface area contributed by atoms with Crippen LogP contribution in [0, 0.1) is 6.92 Å². The maximum atomic E-state index is 13.5. The van der Waals surface area contributed by atoms with E-state index < -0.39 is 5.25 Å². The van der Waals surface area contributed by atoms with Gasteiger partial charge < -0.3 is 9.72 Å². The Morgan fingerprint density at radius 1 is 1.18 bits per heavy atom. The lowest BCUT2D eigenvalue weighted by atomic mass is 10.2. The zero-order valence-corrected chi connectivity index (χ0v) is 16.5. The molecule has 0 spiro atoms. The van der Waals surface area contributed by atoms with Crippen molar-refractivity contribution < 1.29 is 9.53 Å². The van der Waals surface area contributed by atoms with Crippen LogP contribution in [0.1, 0.15) is 12.5 Å². The maximum absolute atomic E-state index is 13.5. The van der Waals surface area contributed by atoms with Crippen molar-refractivity contribution in [1.29, 1.82) is 0 Å². The summed E-state index contributed by atoms with van der Waals surface area (Å²) in [5.41, 5.74) is 3.37. The van der Waals surface area contributed by atoms with Gasteiger partial charge in [0.25, 0.3) is 5.56 Å². The molecule has 1 unspecified atom stereocenters. The number of esters is 1. The van der Waals surface area contributed by atoms with E-state index in [1.54, 1.807) is 11.5 Å². The third-order valence-corrected chi connectivity index (χ3v) is 5.70. The number of hydrogen-bond donors (Lipinski definition) is 1. The molecular weight excluding hydrogens is 374 g/mol. The van der Waals surface area contributed by atoms with Crippen molar-refractivity contribution in [3.63, 3.8) is 0 Å². The molecule has 4 aromatic rings. The molecule has 0 radical (unpaired) electrons. The zero-order chi connectivity index (χ0) is 19.8. The number of hydrogen-bond acceptors (Lipinski definition) is 5. The number of aromatic amines is 1. The van der Waals surface area contributed by atoms with Crippen molar-refractivity contribution in [3.8, 4) is 5.69 Å². The molecule has 1 N–H and O–H groups in total. The average molecular weight is 393 g/mol. The van der Waals surface area contributed by atoms with Crippen LogP contribution < -0.4 is 5.56 Å². The van der Waals surface area contributed by atoms with Gasteiger partial charge in [-0.15, -0.1) is 0 Å². The monoisotopic (exact) mass is 393 g/mol. The molecule has 2 heterocycles. The fourth-order valence-corrected chi connectivity index (χ4v) is 4.16. The number of fused-ring (bicyclic) bond motifs is 3. The second kappa shape index (κ2) is 7.16. The molecule has 0 amide bonds. The summed E-state index contributed by atoms with van der Waals surface area (Å²) in [6.45, 7) is 3.68. The van der Waals surface area contributed by atoms with E-state index in [0.29, 0.717) is 16.2 Å². The Hall–Kier alpha value is -3.06. The number of nitrogens with zero attached hydrogens (tertiary/aromatic N) is 2. The van der Waals surface area contributed by atoms with E-state index in [-0.39, 0.29) is 11.5 Å². The highest BCUT2D eigenvalue weighted by Crippen LogP contribution is 2.29. The predicted octanol–water partition coefficient (Wildman–Crippen LogP) is 3.83. The lowest BCUT2D eigenvalue weighted by Gasteiger charge is -2.16. The summed E-state index contributed by atoms with van der Waals surface area (Å²) < 4.78 is 6.41. The molecule has 28 heavy (non-hydrogen) atoms. The van der Waals surface area contributed by atoms with E-state index in [1.807, 2.05) is 55.5 Å². The SMILES string of the molecule is COC(=O)C(C)Sc1nc2c([nH]c3ccccc32)c(=O)n1-c1ccccc1C. The Labute approximate surface area is 165 Å². The Morgan fingerprint density at radius 2 is 1.89 bits per heavy atom. The molecule has 142 valence electrons. The van der Waals surface area contributed by atoms with Crippen molar-refractivity contribution >= 4 is 39.7 Å². The number of carbonyl (C=O) groups is 1. The molecule has 4 rings (SSSR count). The summed E-state index contributed by atoms with van der Waals surface area (Å²) in [5.74, 6) is -0.366. The normalized spacial score (nSPS) is 12.4. The van der Waals surface area contributed by atoms with Crippen LogP contribution in [-0.4, -0.2) is 32.9 Å². The van der Waals surface area contributed by atoms with Crippen LogP contribution in [0.25, 0.3) is 27.6 Å². The highest BCUT2D eigenvalue weighted by molar-refractivity contribution is 8.00. The van der Waals surface area contributed by atoms with Crippen molar-refractivity contribution in [2.45, 2.75) is 24.3 Å². The van der Waals surface area contributed by atoms with Crippen molar-refractivity contribution in [2.75, 3.05) is 7.11 Å². The summed E-state index contributed by atoms with van der Waals surface area (Å²) in [6, 6.07) is 15.3. The molecule has 0 bridgehead atoms. The standard InChI is InChI=1S/C21H19N3O3S/c1-12-8-4-7-11-16(12)24-19(25)18-17(14-9-5-6-10-15(14)22-18)23-21(24)28-13(2)20(26)27-3/h4-11,13,22H,1-3H3. The molecule has 0 aliphatic heterocycles. The van der Waals surface area contributed by atoms with Gasteiger partial charge in [0, 0.05) is 10.9 Å². The number of thioether (sulfide) groups is 1. The number of nitrogens with one attached hydrogen (secondary N) is 1. The highest BCUT2D eigenvalue weighted by Gasteiger charge is 2.22. The summed E-state index contributed by atoms with van der Waals surface area (Å²) in [4.78, 5) is 33.4. The van der Waals surface area contributed by atoms with Gasteiger partial charge in [0.2, 0.25) is 0 Å². The number of H-pyrrole nitrogens is 1. The molecular formula is C21H19N3O3S. The average Bonchev–Trinajstić information content (AvgIpc) is 3.07. The van der Waals surface area contributed by atoms with Gasteiger partial charge in [-0.2, -0.15) is 0 Å². The quantitative estimate of drug-likeness (QED) is 0.324. The Kier molecular flexibility index (Phi) is 4.68. The summed E-state index contributed by atoms with van der Waals surface area (Å²) in [7, 11) is 1.35. The van der Waals surface area contributed by atoms with Crippen LogP contribution in [0.2, 0.25) is 0 Å². The highest BCUT2D eigenvalue weighted by atomic mass is 32.2. The summed E-state index contributed by atoms with van der Waals surface area (Å²) in [6.07, 6.45) is 0. The first-order valence-corrected chi connectivity index (χ1v) is 9.73. The minimum Gasteiger partial charge on any atom is -0.468 e. The van der Waals surface area contributed by atoms with Crippen LogP contribution in [-0.2, 0) is 9.53 Å². The molecule has 6 nitrogen and oxygen atoms in total. The molecule has 2 aromatic heterocycles. The van der Waals surface area contributed by atoms with Crippen molar-refractivity contribution in [3.05, 3.63) is 64.4 Å². The Morgan fingerprint density at radius 3 is 2.64 bits per heavy atom. The van der Waals surface area contributed by atoms with E-state index in [2.05, 4.69) is 4.98 Å². The molecule has 1 atom stereocenters. The molecule has 0 aliphatic rings. The van der Waals surface area contributed by atoms with Crippen molar-refractivity contribution in [2.24, 2.45) is 0 Å². The van der Waals surface area contributed by atoms with Gasteiger partial charge in [0.1, 0.15) is 16.3 Å². The first-order chi connectivity index (χ1) is 13.5. The van der Waals surface area contributed by atoms with Crippen molar-refractivity contribution in [1.82, 2.24) is 14.5 Å². The number of aryl methyl sites for hydroxylation is 1. The molecule has 0 saturated carbocycles. The van der Waals surface area contributed by atoms with Crippen LogP contribution in [0.4, 0.5) is 0 Å². The van der Waals surface area contributed by atoms with Gasteiger partial charge in [-0.05, 0) is 31.5 Å². The van der Waals surface area contributed by atoms with Crippen LogP contribution in [0.5, 0.6) is 0 Å². The lowest BCUT2D eigenvalue weighted by molar-refractivity contribution is -0.139. The summed E-state index contributed by atoms with van der Waals surface area (Å²) in [5, 5.41) is 0.823. The third kappa shape index (κ3) is 2.97. The van der Waals surface area contributed by atoms with Gasteiger partial charge in [-0.1, -0.05) is 48.2 Å². The maximum Gasteiger partial charge on any atom is 0.318 e. The van der Waals surface area contributed by atoms with Gasteiger partial charge in [0.15, 0.2) is 5.16 Å². The first kappa shape index (κ1) is 18.3. The lowest BCUT2D eigenvalue weighted by Crippen LogP contribution is -2.24. The first-order valence-electron chi connectivity index (χ1n) is 8.85. The number of carbonyl (C=O) groups excluding carboxylic acids is 1. The van der Waals surface area contributed by atoms with Crippen LogP contribution in [0.15, 0.2) is 58.5 Å². The topological polar surface area (TPSA) is 77.0 Å². The van der Waals surface area contributed by atoms with E-state index >= 15 is 0 Å². The minimum absolute atomic E-state index is 0.199. The fourth-order valence-electron chi connectivity index (χ4n) is 3.22. The van der Waals surface area contributed by atoms with Gasteiger partial charge in [0.05, 0.1) is 12.8 Å². The molecule has 0 fully saturated rings. The Balaban J connectivity index is 2.04. The smallest absolute Gasteiger partial charge is 0.318 e. The van der Waals surface area contributed by atoms with Crippen LogP contribution in [0.3, 0.4) is 0 Å². The third-order valence-electron chi connectivity index (χ3n) is 4.67. The van der Waals surface area contributed by atoms with E-state index in [1.165, 1.54) is 18.9 Å². The molecule has 0 aliphatic carbocycles. The fraction of sp³-hybridized carbons (Fsp3) is 0.190. The minimum atomic E-state index is -0.505. The molecule has 7 heteroatoms. The molecule has 0 saturated heterocycles. The number of benzene rings is 2. The second-order valence-electron chi connectivity index (χ2n) is 6.50. The van der Waals surface area contributed by atoms with Crippen LogP contribution >= 0.6 is 11.8 Å². The number of rotatable bonds is 4. The zero-order valence-electron chi connectivity index (χ0n) is 15.7. The Bertz CT molecular complexity index is 1260.